The minimum Gasteiger partial charge on any atom is -0.507 e. The molecule has 1 aliphatic rings. The molecule has 3 heteroatoms. The van der Waals surface area contributed by atoms with E-state index in [0.717, 1.165) is 16.7 Å². The molecule has 0 bridgehead atoms. The molecule has 1 aliphatic heterocycles. The third kappa shape index (κ3) is 1.08. The second-order valence-corrected chi connectivity index (χ2v) is 3.29. The number of carbonyl (C=O) groups is 1. The Morgan fingerprint density at radius 3 is 2.85 bits per heavy atom. The van der Waals surface area contributed by atoms with Crippen LogP contribution in [0.15, 0.2) is 6.07 Å². The summed E-state index contributed by atoms with van der Waals surface area (Å²) in [5.74, 6) is 0.609. The van der Waals surface area contributed by atoms with Crippen LogP contribution in [0.3, 0.4) is 0 Å². The number of benzene rings is 1. The molecule has 0 amide bonds. The topological polar surface area (TPSA) is 46.5 Å². The molecule has 2 rings (SSSR count). The molecule has 0 unspecified atom stereocenters. The number of rotatable bonds is 0. The van der Waals surface area contributed by atoms with E-state index in [0.29, 0.717) is 5.75 Å². The van der Waals surface area contributed by atoms with Gasteiger partial charge in [-0.05, 0) is 31.0 Å². The highest BCUT2D eigenvalue weighted by atomic mass is 16.5. The van der Waals surface area contributed by atoms with Gasteiger partial charge in [0.15, 0.2) is 0 Å². The summed E-state index contributed by atoms with van der Waals surface area (Å²) in [6.07, 6.45) is 0.273. The van der Waals surface area contributed by atoms with Gasteiger partial charge in [0.2, 0.25) is 0 Å². The molecule has 0 aliphatic carbocycles. The lowest BCUT2D eigenvalue weighted by Crippen LogP contribution is -2.00. The fraction of sp³-hybridized carbons (Fsp3) is 0.300. The average Bonchev–Trinajstić information content (AvgIpc) is 2.42. The van der Waals surface area contributed by atoms with E-state index in [1.807, 2.05) is 0 Å². The summed E-state index contributed by atoms with van der Waals surface area (Å²) in [6.45, 7) is 3.58. The van der Waals surface area contributed by atoms with E-state index < -0.39 is 0 Å². The average molecular weight is 178 g/mol. The molecule has 0 aromatic heterocycles. The Bertz CT molecular complexity index is 394. The standard InChI is InChI=1S/C10H10O3/c1-5-3-8-7(4-9(11)13-8)6(2)10(5)12/h3,12H,4H2,1-2H3. The predicted octanol–water partition coefficient (Wildman–Crippen LogP) is 1.47. The van der Waals surface area contributed by atoms with Crippen molar-refractivity contribution in [3.63, 3.8) is 0 Å². The number of aryl methyl sites for hydroxylation is 1. The molecular weight excluding hydrogens is 168 g/mol. The quantitative estimate of drug-likeness (QED) is 0.483. The van der Waals surface area contributed by atoms with Gasteiger partial charge < -0.3 is 9.84 Å². The predicted molar refractivity (Wildman–Crippen MR) is 46.9 cm³/mol. The monoisotopic (exact) mass is 178 g/mol. The van der Waals surface area contributed by atoms with Gasteiger partial charge in [0.25, 0.3) is 0 Å². The molecule has 3 nitrogen and oxygen atoms in total. The molecule has 1 heterocycles. The number of phenols is 1. The molecule has 0 fully saturated rings. The Morgan fingerprint density at radius 2 is 2.15 bits per heavy atom. The van der Waals surface area contributed by atoms with E-state index in [-0.39, 0.29) is 18.1 Å². The van der Waals surface area contributed by atoms with Crippen LogP contribution in [0.2, 0.25) is 0 Å². The summed E-state index contributed by atoms with van der Waals surface area (Å²) < 4.78 is 4.97. The van der Waals surface area contributed by atoms with E-state index in [1.54, 1.807) is 19.9 Å². The van der Waals surface area contributed by atoms with Crippen molar-refractivity contribution >= 4 is 5.97 Å². The van der Waals surface area contributed by atoms with E-state index in [9.17, 15) is 9.90 Å². The van der Waals surface area contributed by atoms with Crippen molar-refractivity contribution in [3.8, 4) is 11.5 Å². The van der Waals surface area contributed by atoms with E-state index >= 15 is 0 Å². The highest BCUT2D eigenvalue weighted by Crippen LogP contribution is 2.36. The molecule has 1 aromatic carbocycles. The first-order chi connectivity index (χ1) is 6.09. The first-order valence-electron chi connectivity index (χ1n) is 4.12. The molecule has 0 saturated heterocycles. The number of hydrogen-bond donors (Lipinski definition) is 1. The second-order valence-electron chi connectivity index (χ2n) is 3.29. The molecule has 1 N–H and O–H groups in total. The van der Waals surface area contributed by atoms with Crippen LogP contribution in [0.5, 0.6) is 11.5 Å². The Kier molecular flexibility index (Phi) is 1.55. The fourth-order valence-corrected chi connectivity index (χ4v) is 1.59. The van der Waals surface area contributed by atoms with Gasteiger partial charge in [-0.25, -0.2) is 0 Å². The van der Waals surface area contributed by atoms with Crippen molar-refractivity contribution < 1.29 is 14.6 Å². The summed E-state index contributed by atoms with van der Waals surface area (Å²) in [4.78, 5) is 11.0. The van der Waals surface area contributed by atoms with Gasteiger partial charge in [-0.15, -0.1) is 0 Å². The van der Waals surface area contributed by atoms with Crippen molar-refractivity contribution in [3.05, 3.63) is 22.8 Å². The minimum atomic E-state index is -0.247. The normalized spacial score (nSPS) is 14.2. The second kappa shape index (κ2) is 2.49. The molecule has 0 spiro atoms. The van der Waals surface area contributed by atoms with Gasteiger partial charge in [-0.2, -0.15) is 0 Å². The lowest BCUT2D eigenvalue weighted by Gasteiger charge is -2.06. The molecule has 13 heavy (non-hydrogen) atoms. The van der Waals surface area contributed by atoms with Crippen LogP contribution in [0.4, 0.5) is 0 Å². The van der Waals surface area contributed by atoms with Crippen LogP contribution in [-0.2, 0) is 11.2 Å². The number of ether oxygens (including phenoxy) is 1. The summed E-state index contributed by atoms with van der Waals surface area (Å²) in [7, 11) is 0. The SMILES string of the molecule is Cc1cc2c(c(C)c1O)CC(=O)O2. The first kappa shape index (κ1) is 8.10. The highest BCUT2D eigenvalue weighted by Gasteiger charge is 2.24. The molecular formula is C10H10O3. The van der Waals surface area contributed by atoms with Crippen LogP contribution in [0, 0.1) is 13.8 Å². The molecule has 0 radical (unpaired) electrons. The largest absolute Gasteiger partial charge is 0.507 e. The van der Waals surface area contributed by atoms with Crippen LogP contribution in [-0.4, -0.2) is 11.1 Å². The zero-order valence-electron chi connectivity index (χ0n) is 7.55. The van der Waals surface area contributed by atoms with Crippen LogP contribution < -0.4 is 4.74 Å². The van der Waals surface area contributed by atoms with Crippen molar-refractivity contribution in [2.24, 2.45) is 0 Å². The number of aromatic hydroxyl groups is 1. The van der Waals surface area contributed by atoms with Crippen LogP contribution in [0.1, 0.15) is 16.7 Å². The maximum atomic E-state index is 11.0. The van der Waals surface area contributed by atoms with Gasteiger partial charge in [-0.3, -0.25) is 4.79 Å². The van der Waals surface area contributed by atoms with Crippen molar-refractivity contribution in [1.82, 2.24) is 0 Å². The van der Waals surface area contributed by atoms with Gasteiger partial charge in [0, 0.05) is 5.56 Å². The molecule has 0 atom stereocenters. The van der Waals surface area contributed by atoms with Crippen molar-refractivity contribution in [2.45, 2.75) is 20.3 Å². The van der Waals surface area contributed by atoms with Gasteiger partial charge >= 0.3 is 5.97 Å². The highest BCUT2D eigenvalue weighted by molar-refractivity contribution is 5.82. The summed E-state index contributed by atoms with van der Waals surface area (Å²) in [5, 5.41) is 9.59. The number of carbonyl (C=O) groups excluding carboxylic acids is 1. The maximum absolute atomic E-state index is 11.0. The van der Waals surface area contributed by atoms with E-state index in [2.05, 4.69) is 0 Å². The van der Waals surface area contributed by atoms with Crippen molar-refractivity contribution in [1.29, 1.82) is 0 Å². The van der Waals surface area contributed by atoms with Gasteiger partial charge in [0.1, 0.15) is 11.5 Å². The zero-order valence-corrected chi connectivity index (χ0v) is 7.55. The lowest BCUT2D eigenvalue weighted by molar-refractivity contribution is -0.131. The van der Waals surface area contributed by atoms with Crippen LogP contribution >= 0.6 is 0 Å². The first-order valence-corrected chi connectivity index (χ1v) is 4.12. The Morgan fingerprint density at radius 1 is 1.46 bits per heavy atom. The smallest absolute Gasteiger partial charge is 0.315 e. The van der Waals surface area contributed by atoms with E-state index in [1.165, 1.54) is 0 Å². The summed E-state index contributed by atoms with van der Waals surface area (Å²) >= 11 is 0. The molecule has 0 saturated carbocycles. The van der Waals surface area contributed by atoms with Gasteiger partial charge in [-0.1, -0.05) is 0 Å². The number of fused-ring (bicyclic) bond motifs is 1. The third-order valence-electron chi connectivity index (χ3n) is 2.37. The molecule has 1 aromatic rings. The number of esters is 1. The Hall–Kier alpha value is -1.51. The number of phenolic OH excluding ortho intramolecular Hbond substituents is 1. The minimum absolute atomic E-state index is 0.247. The summed E-state index contributed by atoms with van der Waals surface area (Å²) in [6, 6.07) is 1.70. The number of hydrogen-bond acceptors (Lipinski definition) is 3. The van der Waals surface area contributed by atoms with Crippen molar-refractivity contribution in [2.75, 3.05) is 0 Å². The summed E-state index contributed by atoms with van der Waals surface area (Å²) in [5.41, 5.74) is 2.31. The zero-order chi connectivity index (χ0) is 9.59. The molecule has 68 valence electrons. The Balaban J connectivity index is 2.66. The van der Waals surface area contributed by atoms with E-state index in [4.69, 9.17) is 4.74 Å². The Labute approximate surface area is 76.0 Å². The maximum Gasteiger partial charge on any atom is 0.315 e. The fourth-order valence-electron chi connectivity index (χ4n) is 1.59. The lowest BCUT2D eigenvalue weighted by atomic mass is 10.0. The van der Waals surface area contributed by atoms with Gasteiger partial charge in [0.05, 0.1) is 6.42 Å². The van der Waals surface area contributed by atoms with Crippen LogP contribution in [0.25, 0.3) is 0 Å². The third-order valence-corrected chi connectivity index (χ3v) is 2.37.